The van der Waals surface area contributed by atoms with Gasteiger partial charge in [-0.15, -0.1) is 0 Å². The first-order chi connectivity index (χ1) is 6.80. The van der Waals surface area contributed by atoms with E-state index in [1.807, 2.05) is 0 Å². The van der Waals surface area contributed by atoms with Gasteiger partial charge in [0.2, 0.25) is 0 Å². The van der Waals surface area contributed by atoms with Crippen molar-refractivity contribution in [1.82, 2.24) is 4.98 Å². The number of hydrogen-bond acceptors (Lipinski definition) is 2. The molecule has 1 aromatic rings. The van der Waals surface area contributed by atoms with Crippen LogP contribution in [0.5, 0.6) is 0 Å². The summed E-state index contributed by atoms with van der Waals surface area (Å²) in [4.78, 5) is 22.9. The van der Waals surface area contributed by atoms with Crippen LogP contribution in [0.1, 0.15) is 10.5 Å². The number of carbonyl (C=O) groups is 2. The first-order valence-corrected chi connectivity index (χ1v) is 3.60. The number of carboxylic acids is 1. The fourth-order valence-corrected chi connectivity index (χ4v) is 0.792. The van der Waals surface area contributed by atoms with Crippen molar-refractivity contribution < 1.29 is 27.9 Å². The highest BCUT2D eigenvalue weighted by Crippen LogP contribution is 2.18. The number of amides is 1. The molecule has 0 aromatic carbocycles. The van der Waals surface area contributed by atoms with Crippen molar-refractivity contribution >= 4 is 17.6 Å². The molecule has 0 aliphatic heterocycles. The zero-order chi connectivity index (χ0) is 11.6. The van der Waals surface area contributed by atoms with Gasteiger partial charge in [0.1, 0.15) is 5.69 Å². The number of aromatic amines is 1. The van der Waals surface area contributed by atoms with Gasteiger partial charge in [0.05, 0.1) is 5.69 Å². The van der Waals surface area contributed by atoms with Crippen LogP contribution in [0.15, 0.2) is 12.3 Å². The average Bonchev–Trinajstić information content (AvgIpc) is 2.50. The first kappa shape index (κ1) is 11.1. The molecule has 1 heterocycles. The lowest BCUT2D eigenvalue weighted by Crippen LogP contribution is -2.29. The second-order valence-electron chi connectivity index (χ2n) is 2.56. The molecule has 82 valence electrons. The maximum Gasteiger partial charge on any atom is 0.471 e. The summed E-state index contributed by atoms with van der Waals surface area (Å²) in [5, 5.41) is 9.92. The summed E-state index contributed by atoms with van der Waals surface area (Å²) in [6.45, 7) is 0. The van der Waals surface area contributed by atoms with Crippen molar-refractivity contribution in [1.29, 1.82) is 0 Å². The summed E-state index contributed by atoms with van der Waals surface area (Å²) in [6, 6.07) is 0.881. The van der Waals surface area contributed by atoms with E-state index >= 15 is 0 Å². The number of aromatic nitrogens is 1. The van der Waals surface area contributed by atoms with Gasteiger partial charge in [-0.3, -0.25) is 4.79 Å². The van der Waals surface area contributed by atoms with Gasteiger partial charge in [-0.05, 0) is 6.07 Å². The van der Waals surface area contributed by atoms with Crippen LogP contribution >= 0.6 is 0 Å². The molecule has 0 saturated carbocycles. The molecule has 0 fully saturated rings. The second-order valence-corrected chi connectivity index (χ2v) is 2.56. The molecule has 0 unspecified atom stereocenters. The monoisotopic (exact) mass is 222 g/mol. The number of aromatic carboxylic acids is 1. The molecule has 0 saturated heterocycles. The zero-order valence-corrected chi connectivity index (χ0v) is 7.05. The maximum atomic E-state index is 11.8. The summed E-state index contributed by atoms with van der Waals surface area (Å²) in [5.74, 6) is -3.49. The van der Waals surface area contributed by atoms with Crippen LogP contribution in [-0.4, -0.2) is 28.1 Å². The number of halogens is 3. The molecule has 0 aliphatic rings. The Morgan fingerprint density at radius 1 is 1.40 bits per heavy atom. The number of carbonyl (C=O) groups excluding carboxylic acids is 1. The minimum Gasteiger partial charge on any atom is -0.477 e. The number of anilines is 1. The Hall–Kier alpha value is -1.99. The third kappa shape index (κ3) is 2.73. The fourth-order valence-electron chi connectivity index (χ4n) is 0.792. The van der Waals surface area contributed by atoms with Gasteiger partial charge in [-0.2, -0.15) is 13.2 Å². The smallest absolute Gasteiger partial charge is 0.471 e. The third-order valence-electron chi connectivity index (χ3n) is 1.43. The molecule has 0 spiro atoms. The van der Waals surface area contributed by atoms with Crippen LogP contribution in [-0.2, 0) is 4.79 Å². The van der Waals surface area contributed by atoms with Gasteiger partial charge in [0.25, 0.3) is 0 Å². The van der Waals surface area contributed by atoms with E-state index < -0.39 is 18.1 Å². The lowest BCUT2D eigenvalue weighted by molar-refractivity contribution is -0.167. The maximum absolute atomic E-state index is 11.8. The standard InChI is InChI=1S/C7H5F3N2O3/c8-7(9,10)6(15)12-3-1-4(5(13)14)11-2-3/h1-2,11H,(H,12,15)(H,13,14). The summed E-state index contributed by atoms with van der Waals surface area (Å²) in [7, 11) is 0. The van der Waals surface area contributed by atoms with Gasteiger partial charge < -0.3 is 15.4 Å². The van der Waals surface area contributed by atoms with E-state index in [1.165, 1.54) is 5.32 Å². The normalized spacial score (nSPS) is 11.1. The van der Waals surface area contributed by atoms with Crippen LogP contribution in [0.2, 0.25) is 0 Å². The number of rotatable bonds is 2. The minimum absolute atomic E-state index is 0.255. The van der Waals surface area contributed by atoms with E-state index in [1.54, 1.807) is 0 Å². The molecule has 0 bridgehead atoms. The van der Waals surface area contributed by atoms with Crippen LogP contribution in [0.3, 0.4) is 0 Å². The summed E-state index contributed by atoms with van der Waals surface area (Å²) < 4.78 is 35.3. The molecule has 0 atom stereocenters. The molecule has 1 aromatic heterocycles. The topological polar surface area (TPSA) is 82.2 Å². The SMILES string of the molecule is O=C(O)c1cc(NC(=O)C(F)(F)F)c[nH]1. The highest BCUT2D eigenvalue weighted by molar-refractivity contribution is 5.96. The number of alkyl halides is 3. The van der Waals surface area contributed by atoms with E-state index in [2.05, 4.69) is 4.98 Å². The molecule has 1 amide bonds. The Labute approximate surface area is 80.9 Å². The van der Waals surface area contributed by atoms with E-state index in [0.29, 0.717) is 0 Å². The quantitative estimate of drug-likeness (QED) is 0.703. The Bertz CT molecular complexity index is 396. The molecule has 0 radical (unpaired) electrons. The number of hydrogen-bond donors (Lipinski definition) is 3. The van der Waals surface area contributed by atoms with Gasteiger partial charge >= 0.3 is 18.1 Å². The molecule has 3 N–H and O–H groups in total. The van der Waals surface area contributed by atoms with Crippen molar-refractivity contribution in [3.63, 3.8) is 0 Å². The average molecular weight is 222 g/mol. The molecular formula is C7H5F3N2O3. The summed E-state index contributed by atoms with van der Waals surface area (Å²) >= 11 is 0. The van der Waals surface area contributed by atoms with Crippen LogP contribution in [0, 0.1) is 0 Å². The second kappa shape index (κ2) is 3.64. The van der Waals surface area contributed by atoms with Crippen molar-refractivity contribution in [2.24, 2.45) is 0 Å². The number of nitrogens with one attached hydrogen (secondary N) is 2. The lowest BCUT2D eigenvalue weighted by Gasteiger charge is -2.04. The van der Waals surface area contributed by atoms with Crippen molar-refractivity contribution in [2.45, 2.75) is 6.18 Å². The highest BCUT2D eigenvalue weighted by Gasteiger charge is 2.38. The zero-order valence-electron chi connectivity index (χ0n) is 7.05. The Morgan fingerprint density at radius 3 is 2.40 bits per heavy atom. The van der Waals surface area contributed by atoms with Crippen LogP contribution in [0.4, 0.5) is 18.9 Å². The van der Waals surface area contributed by atoms with Gasteiger partial charge in [0.15, 0.2) is 0 Å². The third-order valence-corrected chi connectivity index (χ3v) is 1.43. The fraction of sp³-hybridized carbons (Fsp3) is 0.143. The molecule has 5 nitrogen and oxygen atoms in total. The number of carboxylic acid groups (broad SMARTS) is 1. The van der Waals surface area contributed by atoms with Crippen LogP contribution < -0.4 is 5.32 Å². The largest absolute Gasteiger partial charge is 0.477 e. The summed E-state index contributed by atoms with van der Waals surface area (Å²) in [5.41, 5.74) is -0.567. The van der Waals surface area contributed by atoms with Gasteiger partial charge in [-0.1, -0.05) is 0 Å². The number of H-pyrrole nitrogens is 1. The van der Waals surface area contributed by atoms with Gasteiger partial charge in [0, 0.05) is 6.20 Å². The van der Waals surface area contributed by atoms with E-state index in [4.69, 9.17) is 5.11 Å². The van der Waals surface area contributed by atoms with Gasteiger partial charge in [-0.25, -0.2) is 4.79 Å². The minimum atomic E-state index is -5.00. The molecule has 8 heteroatoms. The highest BCUT2D eigenvalue weighted by atomic mass is 19.4. The summed E-state index contributed by atoms with van der Waals surface area (Å²) in [6.07, 6.45) is -4.05. The molecule has 15 heavy (non-hydrogen) atoms. The molecular weight excluding hydrogens is 217 g/mol. The van der Waals surface area contributed by atoms with Crippen molar-refractivity contribution in [3.8, 4) is 0 Å². The van der Waals surface area contributed by atoms with Crippen molar-refractivity contribution in [3.05, 3.63) is 18.0 Å². The van der Waals surface area contributed by atoms with Crippen LogP contribution in [0.25, 0.3) is 0 Å². The predicted octanol–water partition coefficient (Wildman–Crippen LogP) is 1.21. The Kier molecular flexibility index (Phi) is 2.69. The Morgan fingerprint density at radius 2 is 2.00 bits per heavy atom. The van der Waals surface area contributed by atoms with Crippen molar-refractivity contribution in [2.75, 3.05) is 5.32 Å². The Balaban J connectivity index is 2.74. The van der Waals surface area contributed by atoms with E-state index in [9.17, 15) is 22.8 Å². The lowest BCUT2D eigenvalue weighted by atomic mass is 10.4. The predicted molar refractivity (Wildman–Crippen MR) is 42.4 cm³/mol. The molecule has 1 rings (SSSR count). The van der Waals surface area contributed by atoms with E-state index in [-0.39, 0.29) is 11.4 Å². The molecule has 0 aliphatic carbocycles. The first-order valence-electron chi connectivity index (χ1n) is 3.60. The van der Waals surface area contributed by atoms with E-state index in [0.717, 1.165) is 12.3 Å².